The molecule has 146 valence electrons. The fourth-order valence-corrected chi connectivity index (χ4v) is 9.09. The first-order valence-corrected chi connectivity index (χ1v) is 12.9. The molecule has 2 heterocycles. The van der Waals surface area contributed by atoms with Crippen LogP contribution in [0.25, 0.3) is 0 Å². The maximum absolute atomic E-state index is 11.6. The van der Waals surface area contributed by atoms with Crippen molar-refractivity contribution in [2.24, 2.45) is 0 Å². The molecule has 0 saturated carbocycles. The normalized spacial score (nSPS) is 11.2. The Bertz CT molecular complexity index is 1070. The fraction of sp³-hybridized carbons (Fsp3) is 0.125. The number of thiophene rings is 2. The Balaban J connectivity index is 1.66. The Kier molecular flexibility index (Phi) is 6.30. The molecule has 2 aromatic carbocycles. The van der Waals surface area contributed by atoms with Crippen molar-refractivity contribution in [1.29, 1.82) is 0 Å². The van der Waals surface area contributed by atoms with Gasteiger partial charge in [-0.3, -0.25) is 4.79 Å². The molecule has 5 heteroatoms. The molecule has 0 fully saturated rings. The summed E-state index contributed by atoms with van der Waals surface area (Å²) in [6.07, 6.45) is 0. The minimum absolute atomic E-state index is 0.116. The van der Waals surface area contributed by atoms with E-state index in [0.717, 1.165) is 9.09 Å². The summed E-state index contributed by atoms with van der Waals surface area (Å²) in [5, 5.41) is 0. The summed E-state index contributed by atoms with van der Waals surface area (Å²) in [6.45, 7) is 5.88. The van der Waals surface area contributed by atoms with Gasteiger partial charge in [0, 0.05) is 6.07 Å². The zero-order valence-corrected chi connectivity index (χ0v) is 19.7. The zero-order chi connectivity index (χ0) is 20.4. The highest BCUT2D eigenvalue weighted by molar-refractivity contribution is 8.04. The van der Waals surface area contributed by atoms with E-state index in [9.17, 15) is 4.79 Å². The van der Waals surface area contributed by atoms with Gasteiger partial charge < -0.3 is 0 Å². The van der Waals surface area contributed by atoms with Gasteiger partial charge in [0.1, 0.15) is 10.9 Å². The number of hydrogen-bond acceptors (Lipinski definition) is 4. The van der Waals surface area contributed by atoms with Crippen molar-refractivity contribution in [2.75, 3.05) is 0 Å². The number of benzene rings is 2. The highest BCUT2D eigenvalue weighted by Crippen LogP contribution is 2.42. The van der Waals surface area contributed by atoms with E-state index in [1.807, 2.05) is 23.5 Å². The molecule has 0 unspecified atom stereocenters. The van der Waals surface area contributed by atoms with Crippen LogP contribution in [0, 0.1) is 13.8 Å². The fourth-order valence-electron chi connectivity index (χ4n) is 2.85. The number of carbonyl (C=O) groups is 1. The third kappa shape index (κ3) is 4.86. The van der Waals surface area contributed by atoms with Gasteiger partial charge in [-0.25, -0.2) is 0 Å². The molecule has 0 N–H and O–H groups in total. The van der Waals surface area contributed by atoms with Gasteiger partial charge in [0.25, 0.3) is 0 Å². The van der Waals surface area contributed by atoms with Crippen molar-refractivity contribution in [2.45, 2.75) is 43.2 Å². The largest absolute Gasteiger partial charge is 0.294 e. The van der Waals surface area contributed by atoms with Crippen LogP contribution in [-0.4, -0.2) is 5.78 Å². The first-order chi connectivity index (χ1) is 14.0. The number of carbonyl (C=O) groups excluding carboxylic acids is 1. The van der Waals surface area contributed by atoms with Crippen LogP contribution in [0.1, 0.15) is 27.7 Å². The molecule has 0 bridgehead atoms. The van der Waals surface area contributed by atoms with Gasteiger partial charge in [0.05, 0.1) is 13.3 Å². The van der Waals surface area contributed by atoms with Crippen molar-refractivity contribution < 1.29 is 4.79 Å². The van der Waals surface area contributed by atoms with Crippen LogP contribution >= 0.6 is 34.4 Å². The molecule has 0 aliphatic rings. The van der Waals surface area contributed by atoms with Crippen molar-refractivity contribution in [3.8, 4) is 0 Å². The second-order valence-corrected chi connectivity index (χ2v) is 12.8. The number of rotatable bonds is 6. The smallest absolute Gasteiger partial charge is 0.221 e. The van der Waals surface area contributed by atoms with Crippen LogP contribution in [0.15, 0.2) is 95.2 Å². The van der Waals surface area contributed by atoms with Gasteiger partial charge in [0.2, 0.25) is 4.21 Å². The van der Waals surface area contributed by atoms with Crippen LogP contribution in [0.5, 0.6) is 0 Å². The summed E-state index contributed by atoms with van der Waals surface area (Å²) in [5.74, 6) is 0.133. The highest BCUT2D eigenvalue weighted by atomic mass is 32.2. The van der Waals surface area contributed by atoms with Gasteiger partial charge in [-0.05, 0) is 63.2 Å². The molecule has 2 aromatic heterocycles. The molecule has 0 spiro atoms. The maximum atomic E-state index is 11.6. The van der Waals surface area contributed by atoms with Crippen molar-refractivity contribution in [1.82, 2.24) is 0 Å². The predicted molar refractivity (Wildman–Crippen MR) is 127 cm³/mol. The lowest BCUT2D eigenvalue weighted by Crippen LogP contribution is -2.02. The monoisotopic (exact) mass is 453 g/mol. The van der Waals surface area contributed by atoms with E-state index in [1.165, 1.54) is 29.3 Å². The Labute approximate surface area is 187 Å². The van der Waals surface area contributed by atoms with Crippen LogP contribution in [0.3, 0.4) is 0 Å². The average Bonchev–Trinajstić information content (AvgIpc) is 3.35. The molecule has 0 amide bonds. The number of aryl methyl sites for hydroxylation is 2. The molecule has 29 heavy (non-hydrogen) atoms. The molecular formula is C24H21OS4+. The summed E-state index contributed by atoms with van der Waals surface area (Å²) in [7, 11) is -0.116. The first-order valence-electron chi connectivity index (χ1n) is 9.26. The molecule has 1 nitrogen and oxygen atoms in total. The Morgan fingerprint density at radius 2 is 1.24 bits per heavy atom. The lowest BCUT2D eigenvalue weighted by molar-refractivity contribution is 0.102. The van der Waals surface area contributed by atoms with Gasteiger partial charge in [-0.2, -0.15) is 0 Å². The SMILES string of the molecule is CC(=O)c1ccc(Sc2ccc([S+](c3ccc(C)cc3)c3ccc(C)cc3)s2)s1. The molecule has 0 aliphatic carbocycles. The van der Waals surface area contributed by atoms with E-state index in [2.05, 4.69) is 74.5 Å². The van der Waals surface area contributed by atoms with Gasteiger partial charge in [0.15, 0.2) is 15.6 Å². The summed E-state index contributed by atoms with van der Waals surface area (Å²) in [6, 6.07) is 26.2. The van der Waals surface area contributed by atoms with E-state index >= 15 is 0 Å². The van der Waals surface area contributed by atoms with E-state index in [-0.39, 0.29) is 16.7 Å². The van der Waals surface area contributed by atoms with E-state index in [1.54, 1.807) is 30.0 Å². The second kappa shape index (κ2) is 8.92. The number of hydrogen-bond donors (Lipinski definition) is 0. The molecule has 4 rings (SSSR count). The van der Waals surface area contributed by atoms with Gasteiger partial charge >= 0.3 is 0 Å². The van der Waals surface area contributed by atoms with E-state index in [4.69, 9.17) is 0 Å². The number of Topliss-reactive ketones (excluding diaryl/α,β-unsaturated/α-hetero) is 1. The third-order valence-electron chi connectivity index (χ3n) is 4.40. The minimum Gasteiger partial charge on any atom is -0.294 e. The average molecular weight is 454 g/mol. The summed E-state index contributed by atoms with van der Waals surface area (Å²) < 4.78 is 3.78. The summed E-state index contributed by atoms with van der Waals surface area (Å²) in [4.78, 5) is 15.1. The Morgan fingerprint density at radius 3 is 1.76 bits per heavy atom. The van der Waals surface area contributed by atoms with Gasteiger partial charge in [-0.15, -0.1) is 11.3 Å². The van der Waals surface area contributed by atoms with Crippen LogP contribution in [-0.2, 0) is 10.9 Å². The van der Waals surface area contributed by atoms with Gasteiger partial charge in [-0.1, -0.05) is 58.5 Å². The molecule has 4 aromatic rings. The predicted octanol–water partition coefficient (Wildman–Crippen LogP) is 7.88. The van der Waals surface area contributed by atoms with E-state index in [0.29, 0.717) is 0 Å². The molecule has 0 radical (unpaired) electrons. The second-order valence-electron chi connectivity index (χ2n) is 6.78. The Hall–Kier alpha value is -1.79. The van der Waals surface area contributed by atoms with Crippen molar-refractivity contribution >= 4 is 51.1 Å². The lowest BCUT2D eigenvalue weighted by atomic mass is 10.2. The third-order valence-corrected chi connectivity index (χ3v) is 10.5. The number of ketones is 1. The quantitative estimate of drug-likeness (QED) is 0.218. The van der Waals surface area contributed by atoms with Crippen molar-refractivity contribution in [3.05, 3.63) is 88.8 Å². The van der Waals surface area contributed by atoms with E-state index < -0.39 is 0 Å². The minimum atomic E-state index is -0.116. The first kappa shape index (κ1) is 20.5. The van der Waals surface area contributed by atoms with Crippen LogP contribution in [0.2, 0.25) is 0 Å². The molecular weight excluding hydrogens is 433 g/mol. The molecule has 0 atom stereocenters. The highest BCUT2D eigenvalue weighted by Gasteiger charge is 2.30. The molecule has 0 saturated heterocycles. The lowest BCUT2D eigenvalue weighted by Gasteiger charge is -2.06. The van der Waals surface area contributed by atoms with Crippen LogP contribution in [0.4, 0.5) is 0 Å². The summed E-state index contributed by atoms with van der Waals surface area (Å²) >= 11 is 5.17. The van der Waals surface area contributed by atoms with Crippen molar-refractivity contribution in [3.63, 3.8) is 0 Å². The summed E-state index contributed by atoms with van der Waals surface area (Å²) in [5.41, 5.74) is 2.56. The zero-order valence-electron chi connectivity index (χ0n) is 16.5. The standard InChI is InChI=1S/C24H21OS4/c1-16-4-8-19(9-5-16)29(20-10-6-17(2)7-11-20)24-15-14-23(28-24)27-22-13-12-21(26-22)18(3)25/h4-15H,1-3H3/q+1. The maximum Gasteiger partial charge on any atom is 0.221 e. The molecule has 0 aliphatic heterocycles. The Morgan fingerprint density at radius 1 is 0.724 bits per heavy atom. The van der Waals surface area contributed by atoms with Crippen LogP contribution < -0.4 is 0 Å². The topological polar surface area (TPSA) is 17.1 Å².